The summed E-state index contributed by atoms with van der Waals surface area (Å²) in [5.41, 5.74) is 6.78. The molecule has 0 amide bonds. The number of nitrogens with zero attached hydrogens (tertiary/aromatic N) is 1. The number of hydrogen-bond acceptors (Lipinski definition) is 4. The maximum absolute atomic E-state index is 6.27. The largest absolute Gasteiger partial charge is 0.468 e. The van der Waals surface area contributed by atoms with Crippen LogP contribution in [-0.4, -0.2) is 34.5 Å². The van der Waals surface area contributed by atoms with Crippen molar-refractivity contribution >= 4 is 11.8 Å². The minimum atomic E-state index is 0.139. The third-order valence-electron chi connectivity index (χ3n) is 4.55. The zero-order valence-electron chi connectivity index (χ0n) is 12.6. The van der Waals surface area contributed by atoms with Gasteiger partial charge in [-0.05, 0) is 42.6 Å². The molecule has 3 nitrogen and oxygen atoms in total. The molecular weight excluding hydrogens is 268 g/mol. The van der Waals surface area contributed by atoms with E-state index in [0.717, 1.165) is 24.6 Å². The Hall–Kier alpha value is -0.450. The lowest BCUT2D eigenvalue weighted by molar-refractivity contribution is 0.0477. The van der Waals surface area contributed by atoms with Gasteiger partial charge >= 0.3 is 0 Å². The molecule has 112 valence electrons. The van der Waals surface area contributed by atoms with Crippen LogP contribution >= 0.6 is 11.8 Å². The molecule has 1 unspecified atom stereocenters. The smallest absolute Gasteiger partial charge is 0.117 e. The van der Waals surface area contributed by atoms with Gasteiger partial charge in [-0.3, -0.25) is 4.90 Å². The van der Waals surface area contributed by atoms with Gasteiger partial charge in [0.1, 0.15) is 5.76 Å². The highest BCUT2D eigenvalue weighted by Crippen LogP contribution is 2.46. The van der Waals surface area contributed by atoms with Gasteiger partial charge in [0.2, 0.25) is 0 Å². The maximum Gasteiger partial charge on any atom is 0.117 e. The summed E-state index contributed by atoms with van der Waals surface area (Å²) in [6, 6.07) is 4.77. The second-order valence-corrected chi connectivity index (χ2v) is 8.19. The van der Waals surface area contributed by atoms with Gasteiger partial charge < -0.3 is 10.2 Å². The molecular formula is C16H26N2OS. The van der Waals surface area contributed by atoms with E-state index < -0.39 is 0 Å². The fraction of sp³-hybridized carbons (Fsp3) is 0.750. The Morgan fingerprint density at radius 1 is 1.40 bits per heavy atom. The van der Waals surface area contributed by atoms with Crippen molar-refractivity contribution in [1.82, 2.24) is 4.90 Å². The van der Waals surface area contributed by atoms with E-state index in [1.165, 1.54) is 25.0 Å². The zero-order chi connectivity index (χ0) is 14.2. The number of furan rings is 1. The molecule has 0 spiro atoms. The Bertz CT molecular complexity index is 441. The van der Waals surface area contributed by atoms with Crippen molar-refractivity contribution in [2.75, 3.05) is 18.1 Å². The van der Waals surface area contributed by atoms with Crippen molar-refractivity contribution in [3.8, 4) is 0 Å². The van der Waals surface area contributed by atoms with E-state index in [9.17, 15) is 0 Å². The van der Waals surface area contributed by atoms with Crippen LogP contribution in [0.2, 0.25) is 0 Å². The Morgan fingerprint density at radius 2 is 2.20 bits per heavy atom. The summed E-state index contributed by atoms with van der Waals surface area (Å²) in [5.74, 6) is 3.47. The van der Waals surface area contributed by atoms with Gasteiger partial charge in [-0.25, -0.2) is 0 Å². The van der Waals surface area contributed by atoms with Crippen LogP contribution in [0.4, 0.5) is 0 Å². The van der Waals surface area contributed by atoms with Crippen LogP contribution in [-0.2, 0) is 6.54 Å². The van der Waals surface area contributed by atoms with Crippen LogP contribution < -0.4 is 5.73 Å². The molecule has 4 heteroatoms. The molecule has 0 radical (unpaired) electrons. The minimum Gasteiger partial charge on any atom is -0.468 e. The van der Waals surface area contributed by atoms with E-state index in [-0.39, 0.29) is 5.54 Å². The molecule has 1 aliphatic heterocycles. The highest BCUT2D eigenvalue weighted by atomic mass is 32.2. The summed E-state index contributed by atoms with van der Waals surface area (Å²) in [6.07, 6.45) is 5.59. The predicted molar refractivity (Wildman–Crippen MR) is 84.8 cm³/mol. The molecule has 2 fully saturated rings. The van der Waals surface area contributed by atoms with Crippen LogP contribution in [0.3, 0.4) is 0 Å². The topological polar surface area (TPSA) is 42.4 Å². The van der Waals surface area contributed by atoms with Crippen molar-refractivity contribution in [3.63, 3.8) is 0 Å². The fourth-order valence-corrected chi connectivity index (χ4v) is 5.11. The monoisotopic (exact) mass is 294 g/mol. The second kappa shape index (κ2) is 5.39. The Morgan fingerprint density at radius 3 is 2.75 bits per heavy atom. The van der Waals surface area contributed by atoms with Crippen LogP contribution in [0, 0.1) is 5.41 Å². The van der Waals surface area contributed by atoms with Gasteiger partial charge in [-0.15, -0.1) is 0 Å². The first-order valence-electron chi connectivity index (χ1n) is 7.62. The Kier molecular flexibility index (Phi) is 3.91. The van der Waals surface area contributed by atoms with Gasteiger partial charge in [-0.2, -0.15) is 11.8 Å². The van der Waals surface area contributed by atoms with Gasteiger partial charge in [0.05, 0.1) is 12.8 Å². The molecule has 1 aliphatic carbocycles. The third kappa shape index (κ3) is 2.92. The van der Waals surface area contributed by atoms with E-state index in [4.69, 9.17) is 10.2 Å². The quantitative estimate of drug-likeness (QED) is 0.906. The average molecular weight is 294 g/mol. The molecule has 1 aromatic rings. The molecule has 2 aliphatic rings. The van der Waals surface area contributed by atoms with Gasteiger partial charge in [0, 0.05) is 23.9 Å². The van der Waals surface area contributed by atoms with E-state index in [2.05, 4.69) is 36.6 Å². The lowest BCUT2D eigenvalue weighted by Gasteiger charge is -2.50. The Balaban J connectivity index is 1.83. The summed E-state index contributed by atoms with van der Waals surface area (Å²) in [7, 11) is 0. The summed E-state index contributed by atoms with van der Waals surface area (Å²) in [5, 5.41) is 0. The SMILES string of the molecule is CC1(C)CSCC(CN)(N(Cc2ccco2)C2CC2)C1. The highest BCUT2D eigenvalue weighted by molar-refractivity contribution is 7.99. The van der Waals surface area contributed by atoms with Crippen LogP contribution in [0.5, 0.6) is 0 Å². The molecule has 1 atom stereocenters. The molecule has 0 bridgehead atoms. The molecule has 1 aromatic heterocycles. The van der Waals surface area contributed by atoms with Gasteiger partial charge in [0.25, 0.3) is 0 Å². The van der Waals surface area contributed by atoms with E-state index >= 15 is 0 Å². The average Bonchev–Trinajstić information content (AvgIpc) is 3.11. The molecule has 1 saturated heterocycles. The van der Waals surface area contributed by atoms with E-state index in [0.29, 0.717) is 11.5 Å². The zero-order valence-corrected chi connectivity index (χ0v) is 13.4. The van der Waals surface area contributed by atoms with Crippen molar-refractivity contribution in [2.45, 2.75) is 51.2 Å². The predicted octanol–water partition coefficient (Wildman–Crippen LogP) is 3.10. The normalized spacial score (nSPS) is 29.8. The Labute approximate surface area is 126 Å². The number of hydrogen-bond donors (Lipinski definition) is 1. The van der Waals surface area contributed by atoms with E-state index in [1.54, 1.807) is 6.26 Å². The highest BCUT2D eigenvalue weighted by Gasteiger charge is 2.48. The lowest BCUT2D eigenvalue weighted by Crippen LogP contribution is -2.60. The standard InChI is InChI=1S/C16H26N2OS/c1-15(2)9-16(10-17,12-20-11-15)18(13-5-6-13)8-14-4-3-7-19-14/h3-4,7,13H,5-6,8-12,17H2,1-2H3. The second-order valence-electron chi connectivity index (χ2n) is 7.20. The van der Waals surface area contributed by atoms with Crippen LogP contribution in [0.25, 0.3) is 0 Å². The molecule has 3 rings (SSSR count). The van der Waals surface area contributed by atoms with E-state index in [1.807, 2.05) is 6.07 Å². The van der Waals surface area contributed by atoms with Crippen LogP contribution in [0.1, 0.15) is 38.9 Å². The molecule has 20 heavy (non-hydrogen) atoms. The summed E-state index contributed by atoms with van der Waals surface area (Å²) >= 11 is 2.07. The van der Waals surface area contributed by atoms with Gasteiger partial charge in [-0.1, -0.05) is 13.8 Å². The number of rotatable bonds is 5. The first kappa shape index (κ1) is 14.5. The summed E-state index contributed by atoms with van der Waals surface area (Å²) in [4.78, 5) is 2.65. The van der Waals surface area contributed by atoms with Crippen molar-refractivity contribution in [1.29, 1.82) is 0 Å². The lowest BCUT2D eigenvalue weighted by atomic mass is 9.78. The fourth-order valence-electron chi connectivity index (χ4n) is 3.58. The molecule has 1 saturated carbocycles. The number of nitrogens with two attached hydrogens (primary N) is 1. The number of thioether (sulfide) groups is 1. The van der Waals surface area contributed by atoms with Crippen molar-refractivity contribution in [3.05, 3.63) is 24.2 Å². The minimum absolute atomic E-state index is 0.139. The summed E-state index contributed by atoms with van der Waals surface area (Å²) in [6.45, 7) is 6.41. The third-order valence-corrected chi connectivity index (χ3v) is 6.28. The first-order chi connectivity index (χ1) is 9.55. The van der Waals surface area contributed by atoms with Crippen molar-refractivity contribution < 1.29 is 4.42 Å². The molecule has 0 aromatic carbocycles. The molecule has 2 heterocycles. The van der Waals surface area contributed by atoms with Crippen molar-refractivity contribution in [2.24, 2.45) is 11.1 Å². The first-order valence-corrected chi connectivity index (χ1v) is 8.77. The molecule has 2 N–H and O–H groups in total. The summed E-state index contributed by atoms with van der Waals surface area (Å²) < 4.78 is 5.58. The van der Waals surface area contributed by atoms with Gasteiger partial charge in [0.15, 0.2) is 0 Å². The maximum atomic E-state index is 6.27. The van der Waals surface area contributed by atoms with Crippen LogP contribution in [0.15, 0.2) is 22.8 Å².